The SMILES string of the molecule is COc1cc(Cl)cc(CCl)c1OCc1ccc(F)cc1Br. The van der Waals surface area contributed by atoms with E-state index in [0.717, 1.165) is 11.1 Å². The Kier molecular flexibility index (Phi) is 5.73. The average molecular weight is 394 g/mol. The quantitative estimate of drug-likeness (QED) is 0.618. The van der Waals surface area contributed by atoms with Gasteiger partial charge in [-0.25, -0.2) is 4.39 Å². The van der Waals surface area contributed by atoms with Crippen molar-refractivity contribution in [3.63, 3.8) is 0 Å². The molecule has 0 aliphatic rings. The van der Waals surface area contributed by atoms with Crippen LogP contribution >= 0.6 is 39.1 Å². The molecule has 0 unspecified atom stereocenters. The zero-order valence-electron chi connectivity index (χ0n) is 11.1. The summed E-state index contributed by atoms with van der Waals surface area (Å²) in [4.78, 5) is 0. The highest BCUT2D eigenvalue weighted by Gasteiger charge is 2.13. The predicted octanol–water partition coefficient (Wildman–Crippen LogP) is 5.57. The fourth-order valence-corrected chi connectivity index (χ4v) is 2.72. The van der Waals surface area contributed by atoms with Crippen molar-refractivity contribution >= 4 is 39.1 Å². The Morgan fingerprint density at radius 2 is 1.95 bits per heavy atom. The van der Waals surface area contributed by atoms with Crippen LogP contribution < -0.4 is 9.47 Å². The third-order valence-corrected chi connectivity index (χ3v) is 4.09. The third-order valence-electron chi connectivity index (χ3n) is 2.85. The number of ether oxygens (including phenoxy) is 2. The zero-order valence-corrected chi connectivity index (χ0v) is 14.2. The Bertz CT molecular complexity index is 625. The van der Waals surface area contributed by atoms with Gasteiger partial charge in [0.15, 0.2) is 11.5 Å². The maximum Gasteiger partial charge on any atom is 0.166 e. The lowest BCUT2D eigenvalue weighted by molar-refractivity contribution is 0.281. The molecule has 2 aromatic carbocycles. The molecule has 0 saturated heterocycles. The van der Waals surface area contributed by atoms with Gasteiger partial charge in [0.05, 0.1) is 13.0 Å². The highest BCUT2D eigenvalue weighted by Crippen LogP contribution is 2.36. The minimum atomic E-state index is -0.309. The first-order valence-corrected chi connectivity index (χ1v) is 7.74. The Hall–Kier alpha value is -0.970. The summed E-state index contributed by atoms with van der Waals surface area (Å²) < 4.78 is 24.8. The van der Waals surface area contributed by atoms with E-state index in [1.54, 1.807) is 18.2 Å². The van der Waals surface area contributed by atoms with E-state index in [2.05, 4.69) is 15.9 Å². The molecule has 21 heavy (non-hydrogen) atoms. The number of hydrogen-bond donors (Lipinski definition) is 0. The monoisotopic (exact) mass is 392 g/mol. The molecule has 0 N–H and O–H groups in total. The van der Waals surface area contributed by atoms with Gasteiger partial charge in [0.2, 0.25) is 0 Å². The smallest absolute Gasteiger partial charge is 0.166 e. The number of methoxy groups -OCH3 is 1. The highest BCUT2D eigenvalue weighted by atomic mass is 79.9. The Morgan fingerprint density at radius 1 is 1.19 bits per heavy atom. The molecule has 6 heteroatoms. The van der Waals surface area contributed by atoms with Gasteiger partial charge in [0.1, 0.15) is 12.4 Å². The third kappa shape index (κ3) is 4.02. The second-order valence-electron chi connectivity index (χ2n) is 4.25. The van der Waals surface area contributed by atoms with Crippen molar-refractivity contribution in [2.45, 2.75) is 12.5 Å². The lowest BCUT2D eigenvalue weighted by atomic mass is 10.2. The van der Waals surface area contributed by atoms with Crippen molar-refractivity contribution in [2.75, 3.05) is 7.11 Å². The van der Waals surface area contributed by atoms with Crippen LogP contribution in [0.2, 0.25) is 5.02 Å². The van der Waals surface area contributed by atoms with E-state index in [0.29, 0.717) is 21.0 Å². The first-order chi connectivity index (χ1) is 10.0. The number of benzene rings is 2. The van der Waals surface area contributed by atoms with Gasteiger partial charge in [-0.2, -0.15) is 0 Å². The van der Waals surface area contributed by atoms with Gasteiger partial charge < -0.3 is 9.47 Å². The molecule has 0 saturated carbocycles. The highest BCUT2D eigenvalue weighted by molar-refractivity contribution is 9.10. The molecule has 0 aliphatic heterocycles. The second kappa shape index (κ2) is 7.34. The van der Waals surface area contributed by atoms with Gasteiger partial charge >= 0.3 is 0 Å². The summed E-state index contributed by atoms with van der Waals surface area (Å²) in [6.45, 7) is 0.253. The molecule has 0 bridgehead atoms. The summed E-state index contributed by atoms with van der Waals surface area (Å²) in [7, 11) is 1.53. The molecule has 2 nitrogen and oxygen atoms in total. The van der Waals surface area contributed by atoms with Crippen LogP contribution in [0.15, 0.2) is 34.8 Å². The average Bonchev–Trinajstić information content (AvgIpc) is 2.46. The first-order valence-electron chi connectivity index (χ1n) is 6.04. The fourth-order valence-electron chi connectivity index (χ4n) is 1.83. The van der Waals surface area contributed by atoms with E-state index in [9.17, 15) is 4.39 Å². The summed E-state index contributed by atoms with van der Waals surface area (Å²) in [5.41, 5.74) is 1.55. The summed E-state index contributed by atoms with van der Waals surface area (Å²) in [5.74, 6) is 0.984. The van der Waals surface area contributed by atoms with Crippen LogP contribution in [0.25, 0.3) is 0 Å². The number of alkyl halides is 1. The maximum absolute atomic E-state index is 13.1. The molecule has 0 aromatic heterocycles. The van der Waals surface area contributed by atoms with E-state index in [1.165, 1.54) is 19.2 Å². The van der Waals surface area contributed by atoms with E-state index < -0.39 is 0 Å². The van der Waals surface area contributed by atoms with Crippen LogP contribution in [-0.2, 0) is 12.5 Å². The molecular formula is C15H12BrCl2FO2. The molecule has 0 amide bonds. The topological polar surface area (TPSA) is 18.5 Å². The van der Waals surface area contributed by atoms with Crippen LogP contribution in [0.4, 0.5) is 4.39 Å². The van der Waals surface area contributed by atoms with Crippen LogP contribution in [0.3, 0.4) is 0 Å². The van der Waals surface area contributed by atoms with Gasteiger partial charge in [0.25, 0.3) is 0 Å². The summed E-state index contributed by atoms with van der Waals surface area (Å²) >= 11 is 15.2. The largest absolute Gasteiger partial charge is 0.493 e. The molecule has 2 rings (SSSR count). The number of rotatable bonds is 5. The molecular weight excluding hydrogens is 382 g/mol. The number of hydrogen-bond acceptors (Lipinski definition) is 2. The summed E-state index contributed by atoms with van der Waals surface area (Å²) in [6, 6.07) is 7.81. The van der Waals surface area contributed by atoms with E-state index in [1.807, 2.05) is 0 Å². The van der Waals surface area contributed by atoms with Gasteiger partial charge in [-0.1, -0.05) is 33.6 Å². The van der Waals surface area contributed by atoms with Gasteiger partial charge in [-0.05, 0) is 18.2 Å². The van der Waals surface area contributed by atoms with Gasteiger partial charge in [0, 0.05) is 26.7 Å². The number of halogens is 4. The summed E-state index contributed by atoms with van der Waals surface area (Å²) in [6.07, 6.45) is 0. The van der Waals surface area contributed by atoms with Crippen molar-refractivity contribution in [3.05, 3.63) is 56.8 Å². The van der Waals surface area contributed by atoms with E-state index in [-0.39, 0.29) is 18.3 Å². The fraction of sp³-hybridized carbons (Fsp3) is 0.200. The minimum absolute atomic E-state index is 0.247. The lowest BCUT2D eigenvalue weighted by Crippen LogP contribution is -2.01. The van der Waals surface area contributed by atoms with Crippen molar-refractivity contribution < 1.29 is 13.9 Å². The Morgan fingerprint density at radius 3 is 2.57 bits per heavy atom. The molecule has 112 valence electrons. The standard InChI is InChI=1S/C15H12BrCl2FO2/c1-20-14-5-11(18)4-10(7-17)15(14)21-8-9-2-3-12(19)6-13(9)16/h2-6H,7-8H2,1H3. The zero-order chi connectivity index (χ0) is 15.4. The summed E-state index contributed by atoms with van der Waals surface area (Å²) in [5, 5.41) is 0.526. The van der Waals surface area contributed by atoms with Crippen molar-refractivity contribution in [2.24, 2.45) is 0 Å². The van der Waals surface area contributed by atoms with Crippen LogP contribution in [0.5, 0.6) is 11.5 Å². The van der Waals surface area contributed by atoms with Crippen molar-refractivity contribution in [1.82, 2.24) is 0 Å². The van der Waals surface area contributed by atoms with Crippen LogP contribution in [-0.4, -0.2) is 7.11 Å². The predicted molar refractivity (Wildman–Crippen MR) is 86.0 cm³/mol. The van der Waals surface area contributed by atoms with Crippen molar-refractivity contribution in [1.29, 1.82) is 0 Å². The minimum Gasteiger partial charge on any atom is -0.493 e. The Labute approximate surface area is 140 Å². The molecule has 0 fully saturated rings. The van der Waals surface area contributed by atoms with E-state index in [4.69, 9.17) is 32.7 Å². The van der Waals surface area contributed by atoms with Gasteiger partial charge in [-0.3, -0.25) is 0 Å². The molecule has 0 aliphatic carbocycles. The second-order valence-corrected chi connectivity index (χ2v) is 5.81. The van der Waals surface area contributed by atoms with Crippen LogP contribution in [0, 0.1) is 5.82 Å². The van der Waals surface area contributed by atoms with Crippen LogP contribution in [0.1, 0.15) is 11.1 Å². The molecule has 0 radical (unpaired) electrons. The normalized spacial score (nSPS) is 10.5. The first kappa shape index (κ1) is 16.4. The molecule has 0 heterocycles. The molecule has 0 atom stereocenters. The Balaban J connectivity index is 2.26. The van der Waals surface area contributed by atoms with Crippen molar-refractivity contribution in [3.8, 4) is 11.5 Å². The lowest BCUT2D eigenvalue weighted by Gasteiger charge is -2.15. The maximum atomic E-state index is 13.1. The molecule has 2 aromatic rings. The molecule has 0 spiro atoms. The van der Waals surface area contributed by atoms with E-state index >= 15 is 0 Å². The van der Waals surface area contributed by atoms with Gasteiger partial charge in [-0.15, -0.1) is 11.6 Å².